The Morgan fingerprint density at radius 1 is 1.32 bits per heavy atom. The smallest absolute Gasteiger partial charge is 0.243 e. The number of hydrogen-bond donors (Lipinski definition) is 3. The molecule has 0 bridgehead atoms. The highest BCUT2D eigenvalue weighted by molar-refractivity contribution is 9.10. The third kappa shape index (κ3) is 5.25. The van der Waals surface area contributed by atoms with E-state index < -0.39 is 0 Å². The van der Waals surface area contributed by atoms with Gasteiger partial charge in [-0.25, -0.2) is 0 Å². The molecule has 6 heteroatoms. The predicted octanol–water partition coefficient (Wildman–Crippen LogP) is 3.43. The summed E-state index contributed by atoms with van der Waals surface area (Å²) < 4.78 is 0.861. The molecule has 0 saturated heterocycles. The molecule has 1 aliphatic rings. The quantitative estimate of drug-likeness (QED) is 0.697. The maximum atomic E-state index is 11.9. The van der Waals surface area contributed by atoms with E-state index in [2.05, 4.69) is 38.8 Å². The number of para-hydroxylation sites is 1. The molecule has 4 nitrogen and oxygen atoms in total. The highest BCUT2D eigenvalue weighted by atomic mass is 79.9. The molecule has 22 heavy (non-hydrogen) atoms. The number of anilines is 1. The van der Waals surface area contributed by atoms with E-state index in [0.717, 1.165) is 16.6 Å². The van der Waals surface area contributed by atoms with Gasteiger partial charge < -0.3 is 16.0 Å². The van der Waals surface area contributed by atoms with E-state index in [0.29, 0.717) is 17.1 Å². The third-order valence-corrected chi connectivity index (χ3v) is 4.94. The summed E-state index contributed by atoms with van der Waals surface area (Å²) in [6.45, 7) is 2.41. The molecule has 0 unspecified atom stereocenters. The van der Waals surface area contributed by atoms with Crippen molar-refractivity contribution < 1.29 is 4.79 Å². The highest BCUT2D eigenvalue weighted by Crippen LogP contribution is 2.23. The molecule has 0 heterocycles. The van der Waals surface area contributed by atoms with Crippen LogP contribution in [0.4, 0.5) is 5.69 Å². The summed E-state index contributed by atoms with van der Waals surface area (Å²) in [5, 5.41) is 9.71. The van der Waals surface area contributed by atoms with Crippen LogP contribution >= 0.6 is 28.1 Å². The van der Waals surface area contributed by atoms with E-state index in [1.165, 1.54) is 19.3 Å². The van der Waals surface area contributed by atoms with Gasteiger partial charge in [0.05, 0.1) is 12.2 Å². The Labute approximate surface area is 145 Å². The summed E-state index contributed by atoms with van der Waals surface area (Å²) >= 11 is 8.69. The van der Waals surface area contributed by atoms with Gasteiger partial charge in [-0.3, -0.25) is 4.79 Å². The van der Waals surface area contributed by atoms with E-state index in [9.17, 15) is 4.79 Å². The van der Waals surface area contributed by atoms with Gasteiger partial charge >= 0.3 is 0 Å². The van der Waals surface area contributed by atoms with Crippen LogP contribution in [-0.2, 0) is 4.79 Å². The molecule has 0 radical (unpaired) electrons. The van der Waals surface area contributed by atoms with Crippen molar-refractivity contribution in [2.75, 3.05) is 11.9 Å². The van der Waals surface area contributed by atoms with Crippen LogP contribution in [0.1, 0.15) is 32.6 Å². The topological polar surface area (TPSA) is 53.2 Å². The summed E-state index contributed by atoms with van der Waals surface area (Å²) in [5.74, 6) is 0.510. The van der Waals surface area contributed by atoms with Crippen molar-refractivity contribution in [3.63, 3.8) is 0 Å². The Morgan fingerprint density at radius 3 is 2.77 bits per heavy atom. The molecule has 3 N–H and O–H groups in total. The van der Waals surface area contributed by atoms with Crippen molar-refractivity contribution in [2.24, 2.45) is 5.92 Å². The zero-order valence-electron chi connectivity index (χ0n) is 12.7. The van der Waals surface area contributed by atoms with Crippen LogP contribution in [-0.4, -0.2) is 23.6 Å². The number of carbonyl (C=O) groups excluding carboxylic acids is 1. The maximum Gasteiger partial charge on any atom is 0.243 e. The molecule has 2 rings (SSSR count). The van der Waals surface area contributed by atoms with Crippen LogP contribution in [0.5, 0.6) is 0 Å². The molecule has 2 atom stereocenters. The number of benzene rings is 1. The second-order valence-corrected chi connectivity index (χ2v) is 6.99. The molecule has 0 aromatic heterocycles. The van der Waals surface area contributed by atoms with Gasteiger partial charge in [-0.1, -0.05) is 31.9 Å². The molecule has 120 valence electrons. The van der Waals surface area contributed by atoms with Gasteiger partial charge in [0.2, 0.25) is 5.91 Å². The van der Waals surface area contributed by atoms with Gasteiger partial charge in [-0.15, -0.1) is 0 Å². The first-order valence-corrected chi connectivity index (χ1v) is 8.85. The van der Waals surface area contributed by atoms with Crippen molar-refractivity contribution in [2.45, 2.75) is 38.6 Å². The largest absolute Gasteiger partial charge is 0.360 e. The molecular weight excluding hydrogens is 362 g/mol. The van der Waals surface area contributed by atoms with Crippen molar-refractivity contribution in [1.29, 1.82) is 0 Å². The lowest BCUT2D eigenvalue weighted by Crippen LogP contribution is -2.47. The monoisotopic (exact) mass is 383 g/mol. The first-order valence-electron chi connectivity index (χ1n) is 7.65. The summed E-state index contributed by atoms with van der Waals surface area (Å²) in [4.78, 5) is 11.9. The van der Waals surface area contributed by atoms with Crippen LogP contribution in [0.25, 0.3) is 0 Å². The summed E-state index contributed by atoms with van der Waals surface area (Å²) in [6, 6.07) is 7.94. The highest BCUT2D eigenvalue weighted by Gasteiger charge is 2.21. The average Bonchev–Trinajstić information content (AvgIpc) is 2.50. The fourth-order valence-electron chi connectivity index (χ4n) is 2.67. The molecule has 0 aliphatic heterocycles. The van der Waals surface area contributed by atoms with Gasteiger partial charge in [0.15, 0.2) is 5.11 Å². The van der Waals surface area contributed by atoms with Crippen LogP contribution in [0.2, 0.25) is 0 Å². The number of amides is 1. The van der Waals surface area contributed by atoms with Crippen LogP contribution in [0, 0.1) is 5.92 Å². The molecule has 1 aromatic rings. The van der Waals surface area contributed by atoms with Crippen molar-refractivity contribution in [1.82, 2.24) is 10.6 Å². The SMILES string of the molecule is C[C@H]1CCCC[C@H]1NC(=S)NCC(=O)Nc1ccccc1Br. The zero-order chi connectivity index (χ0) is 15.9. The Hall–Kier alpha value is -1.14. The van der Waals surface area contributed by atoms with Crippen LogP contribution in [0.3, 0.4) is 0 Å². The minimum Gasteiger partial charge on any atom is -0.360 e. The first-order chi connectivity index (χ1) is 10.6. The Bertz CT molecular complexity index is 538. The second kappa shape index (κ2) is 8.48. The van der Waals surface area contributed by atoms with Gasteiger partial charge in [0.1, 0.15) is 0 Å². The number of halogens is 1. The average molecular weight is 384 g/mol. The molecular formula is C16H22BrN3OS. The molecule has 1 fully saturated rings. The second-order valence-electron chi connectivity index (χ2n) is 5.72. The number of thiocarbonyl (C=S) groups is 1. The zero-order valence-corrected chi connectivity index (χ0v) is 15.1. The van der Waals surface area contributed by atoms with E-state index >= 15 is 0 Å². The van der Waals surface area contributed by atoms with Crippen molar-refractivity contribution >= 4 is 44.9 Å². The fourth-order valence-corrected chi connectivity index (χ4v) is 3.28. The number of hydrogen-bond acceptors (Lipinski definition) is 2. The molecule has 0 spiro atoms. The lowest BCUT2D eigenvalue weighted by Gasteiger charge is -2.30. The minimum atomic E-state index is -0.118. The van der Waals surface area contributed by atoms with Gasteiger partial charge in [-0.05, 0) is 59.0 Å². The molecule has 1 aromatic carbocycles. The Balaban J connectivity index is 1.74. The molecule has 1 saturated carbocycles. The predicted molar refractivity (Wildman–Crippen MR) is 97.9 cm³/mol. The van der Waals surface area contributed by atoms with Gasteiger partial charge in [0.25, 0.3) is 0 Å². The first kappa shape index (κ1) is 17.2. The van der Waals surface area contributed by atoms with Gasteiger partial charge in [-0.2, -0.15) is 0 Å². The lowest BCUT2D eigenvalue weighted by molar-refractivity contribution is -0.115. The third-order valence-electron chi connectivity index (χ3n) is 3.99. The number of rotatable bonds is 4. The van der Waals surface area contributed by atoms with E-state index in [1.807, 2.05) is 24.3 Å². The number of carbonyl (C=O) groups is 1. The summed E-state index contributed by atoms with van der Waals surface area (Å²) in [5.41, 5.74) is 0.758. The fraction of sp³-hybridized carbons (Fsp3) is 0.500. The Morgan fingerprint density at radius 2 is 2.05 bits per heavy atom. The molecule has 1 aliphatic carbocycles. The van der Waals surface area contributed by atoms with E-state index in [4.69, 9.17) is 12.2 Å². The van der Waals surface area contributed by atoms with Crippen LogP contribution < -0.4 is 16.0 Å². The number of nitrogens with one attached hydrogen (secondary N) is 3. The van der Waals surface area contributed by atoms with E-state index in [-0.39, 0.29) is 12.5 Å². The van der Waals surface area contributed by atoms with E-state index in [1.54, 1.807) is 0 Å². The maximum absolute atomic E-state index is 11.9. The van der Waals surface area contributed by atoms with Crippen molar-refractivity contribution in [3.05, 3.63) is 28.7 Å². The summed E-state index contributed by atoms with van der Waals surface area (Å²) in [7, 11) is 0. The van der Waals surface area contributed by atoms with Crippen molar-refractivity contribution in [3.8, 4) is 0 Å². The van der Waals surface area contributed by atoms with Crippen LogP contribution in [0.15, 0.2) is 28.7 Å². The normalized spacial score (nSPS) is 21.0. The Kier molecular flexibility index (Phi) is 6.64. The molecule has 1 amide bonds. The minimum absolute atomic E-state index is 0.118. The lowest BCUT2D eigenvalue weighted by atomic mass is 9.86. The standard InChI is InChI=1S/C16H22BrN3OS/c1-11-6-2-4-8-13(11)20-16(22)18-10-15(21)19-14-9-5-3-7-12(14)17/h3,5,7,9,11,13H,2,4,6,8,10H2,1H3,(H,19,21)(H2,18,20,22)/t11-,13+/m0/s1. The van der Waals surface area contributed by atoms with Gasteiger partial charge in [0, 0.05) is 10.5 Å². The summed E-state index contributed by atoms with van der Waals surface area (Å²) in [6.07, 6.45) is 4.93.